The van der Waals surface area contributed by atoms with Crippen molar-refractivity contribution in [3.8, 4) is 0 Å². The van der Waals surface area contributed by atoms with Gasteiger partial charge in [0.15, 0.2) is 0 Å². The number of aryl methyl sites for hydroxylation is 2. The number of nitrogens with one attached hydrogen (secondary N) is 1. The van der Waals surface area contributed by atoms with Gasteiger partial charge < -0.3 is 9.88 Å². The number of hydrogen-bond acceptors (Lipinski definition) is 2. The van der Waals surface area contributed by atoms with Gasteiger partial charge in [-0.15, -0.1) is 0 Å². The lowest BCUT2D eigenvalue weighted by atomic mass is 9.93. The molecule has 3 rings (SSSR count). The maximum Gasteiger partial charge on any atom is 0.203 e. The lowest BCUT2D eigenvalue weighted by molar-refractivity contribution is 0.524. The molecule has 1 atom stereocenters. The van der Waals surface area contributed by atoms with Crippen molar-refractivity contribution in [2.45, 2.75) is 52.5 Å². The molecule has 2 heterocycles. The first kappa shape index (κ1) is 14.2. The Morgan fingerprint density at radius 3 is 2.71 bits per heavy atom. The molecule has 1 aliphatic heterocycles. The molecular formula is C18H25N3. The molecule has 0 spiro atoms. The molecular weight excluding hydrogens is 258 g/mol. The van der Waals surface area contributed by atoms with Crippen LogP contribution < -0.4 is 5.32 Å². The second-order valence-corrected chi connectivity index (χ2v) is 7.20. The summed E-state index contributed by atoms with van der Waals surface area (Å²) in [6.07, 6.45) is 3.34. The molecule has 0 fully saturated rings. The van der Waals surface area contributed by atoms with Crippen LogP contribution in [0.1, 0.15) is 55.6 Å². The minimum atomic E-state index is 0.0816. The van der Waals surface area contributed by atoms with E-state index in [1.165, 1.54) is 16.7 Å². The minimum absolute atomic E-state index is 0.0816. The Kier molecular flexibility index (Phi) is 3.31. The van der Waals surface area contributed by atoms with E-state index in [-0.39, 0.29) is 5.41 Å². The van der Waals surface area contributed by atoms with Crippen LogP contribution in [-0.4, -0.2) is 16.1 Å². The van der Waals surface area contributed by atoms with E-state index in [9.17, 15) is 0 Å². The highest BCUT2D eigenvalue weighted by atomic mass is 15.2. The maximum absolute atomic E-state index is 4.80. The summed E-state index contributed by atoms with van der Waals surface area (Å²) in [7, 11) is 0. The Balaban J connectivity index is 2.08. The second-order valence-electron chi connectivity index (χ2n) is 7.20. The molecule has 3 heteroatoms. The van der Waals surface area contributed by atoms with Crippen LogP contribution in [0.15, 0.2) is 24.4 Å². The summed E-state index contributed by atoms with van der Waals surface area (Å²) >= 11 is 0. The van der Waals surface area contributed by atoms with E-state index in [1.54, 1.807) is 0 Å². The van der Waals surface area contributed by atoms with Crippen LogP contribution in [0.3, 0.4) is 0 Å². The maximum atomic E-state index is 4.80. The second kappa shape index (κ2) is 4.90. The van der Waals surface area contributed by atoms with Crippen molar-refractivity contribution in [1.82, 2.24) is 9.55 Å². The SMILES string of the molecule is Cc1ccc(C)c(C2CCNc3nc(C(C)(C)C)cn32)c1. The van der Waals surface area contributed by atoms with Gasteiger partial charge in [0.2, 0.25) is 5.95 Å². The van der Waals surface area contributed by atoms with Crippen molar-refractivity contribution in [2.24, 2.45) is 0 Å². The van der Waals surface area contributed by atoms with Crippen LogP contribution in [0.4, 0.5) is 5.95 Å². The fourth-order valence-corrected chi connectivity index (χ4v) is 3.01. The molecule has 0 saturated heterocycles. The highest BCUT2D eigenvalue weighted by Gasteiger charge is 2.27. The zero-order valence-electron chi connectivity index (χ0n) is 13.7. The smallest absolute Gasteiger partial charge is 0.203 e. The lowest BCUT2D eigenvalue weighted by Crippen LogP contribution is -2.24. The van der Waals surface area contributed by atoms with E-state index in [0.29, 0.717) is 6.04 Å². The monoisotopic (exact) mass is 283 g/mol. The van der Waals surface area contributed by atoms with Crippen molar-refractivity contribution in [1.29, 1.82) is 0 Å². The molecule has 1 aromatic heterocycles. The van der Waals surface area contributed by atoms with E-state index < -0.39 is 0 Å². The molecule has 112 valence electrons. The van der Waals surface area contributed by atoms with Gasteiger partial charge in [-0.3, -0.25) is 0 Å². The van der Waals surface area contributed by atoms with Gasteiger partial charge in [-0.05, 0) is 31.4 Å². The van der Waals surface area contributed by atoms with Gasteiger partial charge in [0.05, 0.1) is 11.7 Å². The van der Waals surface area contributed by atoms with Crippen molar-refractivity contribution in [3.05, 3.63) is 46.8 Å². The molecule has 0 amide bonds. The summed E-state index contributed by atoms with van der Waals surface area (Å²) in [5.41, 5.74) is 5.35. The van der Waals surface area contributed by atoms with Crippen molar-refractivity contribution >= 4 is 5.95 Å². The summed E-state index contributed by atoms with van der Waals surface area (Å²) in [5.74, 6) is 1.01. The third kappa shape index (κ3) is 2.57. The number of nitrogens with zero attached hydrogens (tertiary/aromatic N) is 2. The third-order valence-electron chi connectivity index (χ3n) is 4.33. The number of aromatic nitrogens is 2. The zero-order chi connectivity index (χ0) is 15.2. The van der Waals surface area contributed by atoms with E-state index in [2.05, 4.69) is 68.9 Å². The molecule has 3 nitrogen and oxygen atoms in total. The standard InChI is InChI=1S/C18H25N3/c1-12-6-7-13(2)14(10-12)15-8-9-19-17-20-16(11-21(15)17)18(3,4)5/h6-7,10-11,15H,8-9H2,1-5H3,(H,19,20). The number of benzene rings is 1. The first-order chi connectivity index (χ1) is 9.86. The lowest BCUT2D eigenvalue weighted by Gasteiger charge is -2.28. The number of fused-ring (bicyclic) bond motifs is 1. The van der Waals surface area contributed by atoms with Gasteiger partial charge in [-0.1, -0.05) is 44.5 Å². The summed E-state index contributed by atoms with van der Waals surface area (Å²) in [5, 5.41) is 3.44. The largest absolute Gasteiger partial charge is 0.356 e. The molecule has 0 bridgehead atoms. The normalized spacial score (nSPS) is 18.2. The number of imidazole rings is 1. The van der Waals surface area contributed by atoms with Gasteiger partial charge in [0, 0.05) is 18.2 Å². The first-order valence-corrected chi connectivity index (χ1v) is 7.76. The van der Waals surface area contributed by atoms with Gasteiger partial charge in [-0.2, -0.15) is 0 Å². The summed E-state index contributed by atoms with van der Waals surface area (Å²) in [4.78, 5) is 4.80. The quantitative estimate of drug-likeness (QED) is 0.850. The topological polar surface area (TPSA) is 29.9 Å². The van der Waals surface area contributed by atoms with E-state index in [0.717, 1.165) is 24.6 Å². The van der Waals surface area contributed by atoms with Gasteiger partial charge in [-0.25, -0.2) is 4.98 Å². The van der Waals surface area contributed by atoms with Crippen LogP contribution in [0.2, 0.25) is 0 Å². The molecule has 0 radical (unpaired) electrons. The predicted molar refractivity (Wildman–Crippen MR) is 88.1 cm³/mol. The number of hydrogen-bond donors (Lipinski definition) is 1. The average molecular weight is 283 g/mol. The molecule has 1 unspecified atom stereocenters. The van der Waals surface area contributed by atoms with E-state index in [1.807, 2.05) is 0 Å². The van der Waals surface area contributed by atoms with Gasteiger partial charge >= 0.3 is 0 Å². The van der Waals surface area contributed by atoms with Crippen molar-refractivity contribution in [2.75, 3.05) is 11.9 Å². The van der Waals surface area contributed by atoms with Crippen molar-refractivity contribution in [3.63, 3.8) is 0 Å². The minimum Gasteiger partial charge on any atom is -0.356 e. The highest BCUT2D eigenvalue weighted by molar-refractivity contribution is 5.40. The Morgan fingerprint density at radius 2 is 2.00 bits per heavy atom. The number of anilines is 1. The van der Waals surface area contributed by atoms with Crippen molar-refractivity contribution < 1.29 is 0 Å². The summed E-state index contributed by atoms with van der Waals surface area (Å²) in [6, 6.07) is 7.14. The highest BCUT2D eigenvalue weighted by Crippen LogP contribution is 2.34. The Bertz CT molecular complexity index is 662. The molecule has 2 aromatic rings. The molecule has 1 aromatic carbocycles. The van der Waals surface area contributed by atoms with Crippen LogP contribution in [0.25, 0.3) is 0 Å². The molecule has 1 aliphatic rings. The molecule has 0 aliphatic carbocycles. The molecule has 1 N–H and O–H groups in total. The van der Waals surface area contributed by atoms with E-state index in [4.69, 9.17) is 4.98 Å². The van der Waals surface area contributed by atoms with E-state index >= 15 is 0 Å². The summed E-state index contributed by atoms with van der Waals surface area (Å²) in [6.45, 7) is 12.0. The van der Waals surface area contributed by atoms with Gasteiger partial charge in [0.1, 0.15) is 0 Å². The Labute approximate surface area is 127 Å². The average Bonchev–Trinajstić information content (AvgIpc) is 2.85. The third-order valence-corrected chi connectivity index (χ3v) is 4.33. The van der Waals surface area contributed by atoms with Crippen LogP contribution in [0, 0.1) is 13.8 Å². The van der Waals surface area contributed by atoms with Gasteiger partial charge in [0.25, 0.3) is 0 Å². The molecule has 21 heavy (non-hydrogen) atoms. The fourth-order valence-electron chi connectivity index (χ4n) is 3.01. The number of rotatable bonds is 1. The molecule has 0 saturated carbocycles. The predicted octanol–water partition coefficient (Wildman–Crippen LogP) is 4.20. The summed E-state index contributed by atoms with van der Waals surface area (Å²) < 4.78 is 2.33. The Morgan fingerprint density at radius 1 is 1.24 bits per heavy atom. The Hall–Kier alpha value is -1.77. The first-order valence-electron chi connectivity index (χ1n) is 7.76. The zero-order valence-corrected chi connectivity index (χ0v) is 13.7. The van der Waals surface area contributed by atoms with Crippen LogP contribution in [-0.2, 0) is 5.41 Å². The van der Waals surface area contributed by atoms with Crippen LogP contribution in [0.5, 0.6) is 0 Å². The van der Waals surface area contributed by atoms with Crippen LogP contribution >= 0.6 is 0 Å². The fraction of sp³-hybridized carbons (Fsp3) is 0.500.